The third-order valence-corrected chi connectivity index (χ3v) is 4.22. The van der Waals surface area contributed by atoms with Gasteiger partial charge in [-0.05, 0) is 37.1 Å². The van der Waals surface area contributed by atoms with Crippen LogP contribution in [0.15, 0.2) is 35.5 Å². The molecule has 0 radical (unpaired) electrons. The summed E-state index contributed by atoms with van der Waals surface area (Å²) in [5.41, 5.74) is -0.0829. The summed E-state index contributed by atoms with van der Waals surface area (Å²) in [5, 5.41) is 11.8. The second kappa shape index (κ2) is 6.81. The molecule has 0 aliphatic rings. The molecule has 6 nitrogen and oxygen atoms in total. The Labute approximate surface area is 137 Å². The van der Waals surface area contributed by atoms with Gasteiger partial charge in [0.1, 0.15) is 0 Å². The van der Waals surface area contributed by atoms with E-state index in [0.29, 0.717) is 19.5 Å². The number of hydrogen-bond acceptors (Lipinski definition) is 4. The Morgan fingerprint density at radius 3 is 2.58 bits per heavy atom. The zero-order valence-corrected chi connectivity index (χ0v) is 13.7. The number of primary sulfonamides is 1. The number of hydrogen-bond donors (Lipinski definition) is 2. The topological polar surface area (TPSA) is 90.0 Å². The average molecular weight is 362 g/mol. The highest BCUT2D eigenvalue weighted by molar-refractivity contribution is 7.89. The van der Waals surface area contributed by atoms with Gasteiger partial charge in [-0.1, -0.05) is 0 Å². The lowest BCUT2D eigenvalue weighted by atomic mass is 10.2. The van der Waals surface area contributed by atoms with E-state index in [1.807, 2.05) is 13.1 Å². The second-order valence-corrected chi connectivity index (χ2v) is 6.84. The maximum Gasteiger partial charge on any atom is 0.417 e. The fraction of sp³-hybridized carbons (Fsp3) is 0.357. The first-order chi connectivity index (χ1) is 11.1. The summed E-state index contributed by atoms with van der Waals surface area (Å²) in [7, 11) is -4.45. The molecule has 0 saturated heterocycles. The average Bonchev–Trinajstić information content (AvgIpc) is 2.87. The maximum atomic E-state index is 13.0. The van der Waals surface area contributed by atoms with Crippen LogP contribution in [-0.4, -0.2) is 24.7 Å². The standard InChI is InChI=1S/C14H17F3N4O2S/c1-10-8-20-21(9-10)6-2-5-19-11-3-4-13(24(18,22)23)12(7-11)14(15,16)17/h3-4,7-9,19H,2,5-6H2,1H3,(H2,18,22,23). The maximum absolute atomic E-state index is 13.0. The lowest BCUT2D eigenvalue weighted by Crippen LogP contribution is -2.19. The van der Waals surface area contributed by atoms with E-state index in [9.17, 15) is 21.6 Å². The number of rotatable bonds is 6. The quantitative estimate of drug-likeness (QED) is 0.772. The van der Waals surface area contributed by atoms with Crippen LogP contribution in [0, 0.1) is 6.92 Å². The van der Waals surface area contributed by atoms with Gasteiger partial charge < -0.3 is 5.32 Å². The molecule has 0 saturated carbocycles. The summed E-state index contributed by atoms with van der Waals surface area (Å²) in [6.45, 7) is 2.93. The highest BCUT2D eigenvalue weighted by Crippen LogP contribution is 2.35. The Hall–Kier alpha value is -2.07. The number of anilines is 1. The van der Waals surface area contributed by atoms with E-state index in [4.69, 9.17) is 5.14 Å². The number of aromatic nitrogens is 2. The van der Waals surface area contributed by atoms with E-state index in [2.05, 4.69) is 10.4 Å². The number of nitrogens with two attached hydrogens (primary N) is 1. The molecule has 1 heterocycles. The van der Waals surface area contributed by atoms with Crippen molar-refractivity contribution in [3.8, 4) is 0 Å². The normalized spacial score (nSPS) is 12.4. The van der Waals surface area contributed by atoms with E-state index in [0.717, 1.165) is 17.7 Å². The molecule has 1 aromatic heterocycles. The molecule has 1 aromatic carbocycles. The summed E-state index contributed by atoms with van der Waals surface area (Å²) in [4.78, 5) is -0.937. The van der Waals surface area contributed by atoms with Crippen LogP contribution in [0.25, 0.3) is 0 Å². The van der Waals surface area contributed by atoms with E-state index in [1.54, 1.807) is 10.9 Å². The molecule has 0 spiro atoms. The molecular weight excluding hydrogens is 345 g/mol. The molecule has 0 atom stereocenters. The van der Waals surface area contributed by atoms with Gasteiger partial charge in [-0.3, -0.25) is 4.68 Å². The van der Waals surface area contributed by atoms with E-state index in [1.165, 1.54) is 6.07 Å². The van der Waals surface area contributed by atoms with Gasteiger partial charge in [0.15, 0.2) is 0 Å². The van der Waals surface area contributed by atoms with Gasteiger partial charge in [-0.15, -0.1) is 0 Å². The zero-order valence-electron chi connectivity index (χ0n) is 12.8. The first-order valence-corrected chi connectivity index (χ1v) is 8.59. The number of benzene rings is 1. The van der Waals surface area contributed by atoms with Crippen molar-refractivity contribution in [3.05, 3.63) is 41.7 Å². The number of alkyl halides is 3. The Balaban J connectivity index is 2.06. The fourth-order valence-electron chi connectivity index (χ4n) is 2.17. The lowest BCUT2D eigenvalue weighted by molar-refractivity contribution is -0.139. The Morgan fingerprint density at radius 2 is 2.04 bits per heavy atom. The number of sulfonamides is 1. The van der Waals surface area contributed by atoms with Crippen LogP contribution >= 0.6 is 0 Å². The van der Waals surface area contributed by atoms with E-state index in [-0.39, 0.29) is 5.69 Å². The van der Waals surface area contributed by atoms with Crippen molar-refractivity contribution in [2.75, 3.05) is 11.9 Å². The minimum Gasteiger partial charge on any atom is -0.385 e. The highest BCUT2D eigenvalue weighted by Gasteiger charge is 2.36. The van der Waals surface area contributed by atoms with Gasteiger partial charge in [-0.25, -0.2) is 13.6 Å². The molecule has 3 N–H and O–H groups in total. The molecule has 132 valence electrons. The van der Waals surface area contributed by atoms with E-state index >= 15 is 0 Å². The van der Waals surface area contributed by atoms with Crippen LogP contribution < -0.4 is 10.5 Å². The molecule has 0 aliphatic carbocycles. The zero-order chi connectivity index (χ0) is 18.0. The van der Waals surface area contributed by atoms with Crippen LogP contribution in [0.1, 0.15) is 17.5 Å². The molecule has 24 heavy (non-hydrogen) atoms. The number of nitrogens with zero attached hydrogens (tertiary/aromatic N) is 2. The molecule has 0 amide bonds. The van der Waals surface area contributed by atoms with Crippen molar-refractivity contribution in [2.45, 2.75) is 31.0 Å². The van der Waals surface area contributed by atoms with Crippen molar-refractivity contribution in [1.29, 1.82) is 0 Å². The monoisotopic (exact) mass is 362 g/mol. The number of nitrogens with one attached hydrogen (secondary N) is 1. The Morgan fingerprint density at radius 1 is 1.33 bits per heavy atom. The molecule has 0 bridgehead atoms. The smallest absolute Gasteiger partial charge is 0.385 e. The molecule has 2 rings (SSSR count). The third-order valence-electron chi connectivity index (χ3n) is 3.25. The number of aryl methyl sites for hydroxylation is 2. The predicted octanol–water partition coefficient (Wildman–Crippen LogP) is 2.36. The lowest BCUT2D eigenvalue weighted by Gasteiger charge is -2.14. The van der Waals surface area contributed by atoms with E-state index < -0.39 is 26.7 Å². The summed E-state index contributed by atoms with van der Waals surface area (Å²) in [6.07, 6.45) is -0.594. The van der Waals surface area contributed by atoms with Gasteiger partial charge in [0.05, 0.1) is 16.7 Å². The van der Waals surface area contributed by atoms with Crippen LogP contribution in [-0.2, 0) is 22.7 Å². The second-order valence-electron chi connectivity index (χ2n) is 5.31. The minimum atomic E-state index is -4.81. The van der Waals surface area contributed by atoms with Crippen molar-refractivity contribution in [3.63, 3.8) is 0 Å². The summed E-state index contributed by atoms with van der Waals surface area (Å²) >= 11 is 0. The summed E-state index contributed by atoms with van der Waals surface area (Å²) in [6, 6.07) is 2.86. The Bertz CT molecular complexity index is 816. The minimum absolute atomic E-state index is 0.173. The van der Waals surface area contributed by atoms with Crippen molar-refractivity contribution < 1.29 is 21.6 Å². The first-order valence-electron chi connectivity index (χ1n) is 7.04. The summed E-state index contributed by atoms with van der Waals surface area (Å²) in [5.74, 6) is 0. The number of halogens is 3. The van der Waals surface area contributed by atoms with Crippen molar-refractivity contribution in [1.82, 2.24) is 9.78 Å². The highest BCUT2D eigenvalue weighted by atomic mass is 32.2. The molecule has 0 fully saturated rings. The predicted molar refractivity (Wildman–Crippen MR) is 82.9 cm³/mol. The van der Waals surface area contributed by atoms with Crippen LogP contribution in [0.5, 0.6) is 0 Å². The van der Waals surface area contributed by atoms with Gasteiger partial charge in [0.25, 0.3) is 0 Å². The Kier molecular flexibility index (Phi) is 5.19. The fourth-order valence-corrected chi connectivity index (χ4v) is 2.91. The SMILES string of the molecule is Cc1cnn(CCCNc2ccc(S(N)(=O)=O)c(C(F)(F)F)c2)c1. The molecule has 2 aromatic rings. The third kappa shape index (κ3) is 4.71. The van der Waals surface area contributed by atoms with Crippen molar-refractivity contribution in [2.24, 2.45) is 5.14 Å². The molecule has 10 heteroatoms. The molecule has 0 unspecified atom stereocenters. The van der Waals surface area contributed by atoms with Crippen LogP contribution in [0.2, 0.25) is 0 Å². The van der Waals surface area contributed by atoms with Gasteiger partial charge in [0.2, 0.25) is 10.0 Å². The molecular formula is C14H17F3N4O2S. The van der Waals surface area contributed by atoms with Gasteiger partial charge >= 0.3 is 6.18 Å². The molecule has 0 aliphatic heterocycles. The van der Waals surface area contributed by atoms with Crippen LogP contribution in [0.3, 0.4) is 0 Å². The summed E-state index contributed by atoms with van der Waals surface area (Å²) < 4.78 is 63.3. The van der Waals surface area contributed by atoms with Crippen LogP contribution in [0.4, 0.5) is 18.9 Å². The van der Waals surface area contributed by atoms with Crippen molar-refractivity contribution >= 4 is 15.7 Å². The first kappa shape index (κ1) is 18.3. The largest absolute Gasteiger partial charge is 0.417 e. The van der Waals surface area contributed by atoms with Gasteiger partial charge in [-0.2, -0.15) is 18.3 Å². The van der Waals surface area contributed by atoms with Gasteiger partial charge in [0, 0.05) is 25.0 Å².